The van der Waals surface area contributed by atoms with Crippen molar-refractivity contribution in [3.8, 4) is 0 Å². The second kappa shape index (κ2) is 8.24. The Morgan fingerprint density at radius 1 is 1.55 bits per heavy atom. The van der Waals surface area contributed by atoms with Gasteiger partial charge in [0.2, 0.25) is 5.91 Å². The van der Waals surface area contributed by atoms with Crippen molar-refractivity contribution in [2.75, 3.05) is 38.8 Å². The molecule has 1 rings (SSSR count). The second-order valence-electron chi connectivity index (χ2n) is 4.58. The minimum Gasteiger partial charge on any atom is -0.389 e. The molecule has 1 aromatic carbocycles. The molecule has 1 atom stereocenters. The van der Waals surface area contributed by atoms with Crippen LogP contribution in [0, 0.1) is 0 Å². The van der Waals surface area contributed by atoms with E-state index in [4.69, 9.17) is 4.74 Å². The maximum atomic E-state index is 11.7. The van der Waals surface area contributed by atoms with Gasteiger partial charge in [0.25, 0.3) is 0 Å². The first-order valence-corrected chi connectivity index (χ1v) is 7.19. The summed E-state index contributed by atoms with van der Waals surface area (Å²) in [5, 5.41) is 12.4. The average Bonchev–Trinajstić information content (AvgIpc) is 2.38. The number of methoxy groups -OCH3 is 1. The van der Waals surface area contributed by atoms with Crippen LogP contribution >= 0.6 is 15.9 Å². The Hall–Kier alpha value is -1.11. The maximum Gasteiger partial charge on any atom is 0.239 e. The summed E-state index contributed by atoms with van der Waals surface area (Å²) >= 11 is 3.43. The molecule has 20 heavy (non-hydrogen) atoms. The predicted molar refractivity (Wildman–Crippen MR) is 82.9 cm³/mol. The topological polar surface area (TPSA) is 61.8 Å². The molecule has 0 aliphatic heterocycles. The highest BCUT2D eigenvalue weighted by Crippen LogP contribution is 2.27. The van der Waals surface area contributed by atoms with E-state index in [1.165, 1.54) is 0 Å². The number of likely N-dealkylation sites (N-methyl/N-ethyl adjacent to an activating group) is 1. The van der Waals surface area contributed by atoms with Crippen LogP contribution < -0.4 is 10.2 Å². The zero-order valence-corrected chi connectivity index (χ0v) is 13.6. The van der Waals surface area contributed by atoms with Crippen LogP contribution in [0.25, 0.3) is 0 Å². The van der Waals surface area contributed by atoms with E-state index in [0.29, 0.717) is 13.2 Å². The first kappa shape index (κ1) is 16.9. The van der Waals surface area contributed by atoms with E-state index in [1.54, 1.807) is 14.0 Å². The minimum absolute atomic E-state index is 0.0553. The maximum absolute atomic E-state index is 11.7. The summed E-state index contributed by atoms with van der Waals surface area (Å²) in [6.07, 6.45) is -0.527. The normalized spacial score (nSPS) is 12.1. The second-order valence-corrected chi connectivity index (χ2v) is 5.43. The van der Waals surface area contributed by atoms with Gasteiger partial charge in [-0.3, -0.25) is 4.79 Å². The fraction of sp³-hybridized carbons (Fsp3) is 0.500. The lowest BCUT2D eigenvalue weighted by molar-refractivity contribution is -0.119. The summed E-state index contributed by atoms with van der Waals surface area (Å²) in [5.41, 5.74) is 1.73. The molecule has 0 aliphatic carbocycles. The SMILES string of the molecule is COCCNC(=O)CN(C)c1ccc([C@H](C)O)c(Br)c1. The zero-order valence-electron chi connectivity index (χ0n) is 12.0. The van der Waals surface area contributed by atoms with Gasteiger partial charge >= 0.3 is 0 Å². The molecule has 1 amide bonds. The molecule has 1 aromatic rings. The number of aliphatic hydroxyl groups excluding tert-OH is 1. The molecular weight excluding hydrogens is 324 g/mol. The van der Waals surface area contributed by atoms with E-state index in [1.807, 2.05) is 30.1 Å². The van der Waals surface area contributed by atoms with Crippen LogP contribution in [0.4, 0.5) is 5.69 Å². The molecule has 2 N–H and O–H groups in total. The number of halogens is 1. The van der Waals surface area contributed by atoms with Crippen LogP contribution in [0.15, 0.2) is 22.7 Å². The van der Waals surface area contributed by atoms with E-state index in [2.05, 4.69) is 21.2 Å². The summed E-state index contributed by atoms with van der Waals surface area (Å²) in [6, 6.07) is 5.63. The molecule has 0 saturated carbocycles. The van der Waals surface area contributed by atoms with E-state index in [-0.39, 0.29) is 12.5 Å². The molecular formula is C14H21BrN2O3. The Balaban J connectivity index is 2.61. The van der Waals surface area contributed by atoms with Crippen molar-refractivity contribution in [3.05, 3.63) is 28.2 Å². The van der Waals surface area contributed by atoms with Crippen molar-refractivity contribution in [1.82, 2.24) is 5.32 Å². The highest BCUT2D eigenvalue weighted by atomic mass is 79.9. The third-order valence-electron chi connectivity index (χ3n) is 2.88. The van der Waals surface area contributed by atoms with Crippen LogP contribution in [0.5, 0.6) is 0 Å². The summed E-state index contributed by atoms with van der Waals surface area (Å²) in [6.45, 7) is 2.99. The van der Waals surface area contributed by atoms with Gasteiger partial charge in [0, 0.05) is 30.9 Å². The number of ether oxygens (including phenoxy) is 1. The first-order valence-electron chi connectivity index (χ1n) is 6.40. The number of hydrogen-bond donors (Lipinski definition) is 2. The molecule has 0 heterocycles. The van der Waals surface area contributed by atoms with E-state index in [9.17, 15) is 9.90 Å². The molecule has 0 saturated heterocycles. The molecule has 0 fully saturated rings. The number of carbonyl (C=O) groups excluding carboxylic acids is 1. The Morgan fingerprint density at radius 3 is 2.80 bits per heavy atom. The molecule has 0 unspecified atom stereocenters. The van der Waals surface area contributed by atoms with Crippen molar-refractivity contribution >= 4 is 27.5 Å². The Bertz CT molecular complexity index is 452. The van der Waals surface area contributed by atoms with Gasteiger partial charge in [-0.1, -0.05) is 22.0 Å². The van der Waals surface area contributed by atoms with Crippen LogP contribution in [-0.4, -0.2) is 44.9 Å². The molecule has 0 aliphatic rings. The van der Waals surface area contributed by atoms with Crippen LogP contribution in [0.2, 0.25) is 0 Å². The molecule has 5 nitrogen and oxygen atoms in total. The summed E-state index contributed by atoms with van der Waals surface area (Å²) in [5.74, 6) is -0.0553. The number of rotatable bonds is 7. The van der Waals surface area contributed by atoms with Gasteiger partial charge in [0.15, 0.2) is 0 Å². The quantitative estimate of drug-likeness (QED) is 0.739. The highest BCUT2D eigenvalue weighted by molar-refractivity contribution is 9.10. The zero-order chi connectivity index (χ0) is 15.1. The smallest absolute Gasteiger partial charge is 0.239 e. The van der Waals surface area contributed by atoms with E-state index < -0.39 is 6.10 Å². The fourth-order valence-electron chi connectivity index (χ4n) is 1.75. The van der Waals surface area contributed by atoms with Crippen molar-refractivity contribution in [2.45, 2.75) is 13.0 Å². The van der Waals surface area contributed by atoms with Crippen molar-refractivity contribution in [3.63, 3.8) is 0 Å². The first-order chi connectivity index (χ1) is 9.45. The number of nitrogens with zero attached hydrogens (tertiary/aromatic N) is 1. The van der Waals surface area contributed by atoms with Gasteiger partial charge in [-0.2, -0.15) is 0 Å². The lowest BCUT2D eigenvalue weighted by atomic mass is 10.1. The largest absolute Gasteiger partial charge is 0.389 e. The van der Waals surface area contributed by atoms with Crippen LogP contribution in [-0.2, 0) is 9.53 Å². The predicted octanol–water partition coefficient (Wildman–Crippen LogP) is 1.70. The third kappa shape index (κ3) is 5.11. The van der Waals surface area contributed by atoms with Crippen molar-refractivity contribution in [1.29, 1.82) is 0 Å². The van der Waals surface area contributed by atoms with Gasteiger partial charge in [-0.15, -0.1) is 0 Å². The molecule has 0 bridgehead atoms. The molecule has 0 radical (unpaired) electrons. The summed E-state index contributed by atoms with van der Waals surface area (Å²) in [4.78, 5) is 13.5. The van der Waals surface area contributed by atoms with Gasteiger partial charge in [0.05, 0.1) is 19.3 Å². The van der Waals surface area contributed by atoms with Crippen LogP contribution in [0.1, 0.15) is 18.6 Å². The van der Waals surface area contributed by atoms with E-state index in [0.717, 1.165) is 15.7 Å². The number of benzene rings is 1. The number of carbonyl (C=O) groups is 1. The summed E-state index contributed by atoms with van der Waals surface area (Å²) in [7, 11) is 3.44. The molecule has 112 valence electrons. The third-order valence-corrected chi connectivity index (χ3v) is 3.57. The van der Waals surface area contributed by atoms with E-state index >= 15 is 0 Å². The monoisotopic (exact) mass is 344 g/mol. The molecule has 0 spiro atoms. The number of anilines is 1. The van der Waals surface area contributed by atoms with Gasteiger partial charge in [-0.05, 0) is 24.6 Å². The lowest BCUT2D eigenvalue weighted by Crippen LogP contribution is -2.36. The van der Waals surface area contributed by atoms with Gasteiger partial charge in [-0.25, -0.2) is 0 Å². The van der Waals surface area contributed by atoms with Crippen molar-refractivity contribution in [2.24, 2.45) is 0 Å². The number of nitrogens with one attached hydrogen (secondary N) is 1. The minimum atomic E-state index is -0.527. The Morgan fingerprint density at radius 2 is 2.25 bits per heavy atom. The summed E-state index contributed by atoms with van der Waals surface area (Å²) < 4.78 is 5.71. The van der Waals surface area contributed by atoms with Gasteiger partial charge < -0.3 is 20.1 Å². The standard InChI is InChI=1S/C14H21BrN2O3/c1-10(18)12-5-4-11(8-13(12)15)17(2)9-14(19)16-6-7-20-3/h4-5,8,10,18H,6-7,9H2,1-3H3,(H,16,19)/t10-/m0/s1. The van der Waals surface area contributed by atoms with Crippen LogP contribution in [0.3, 0.4) is 0 Å². The number of hydrogen-bond acceptors (Lipinski definition) is 4. The number of aliphatic hydroxyl groups is 1. The fourth-order valence-corrected chi connectivity index (χ4v) is 2.45. The van der Waals surface area contributed by atoms with Crippen molar-refractivity contribution < 1.29 is 14.6 Å². The average molecular weight is 345 g/mol. The van der Waals surface area contributed by atoms with Gasteiger partial charge in [0.1, 0.15) is 0 Å². The Kier molecular flexibility index (Phi) is 6.98. The molecule has 6 heteroatoms. The Labute approximate surface area is 128 Å². The highest BCUT2D eigenvalue weighted by Gasteiger charge is 2.11. The number of amides is 1. The molecule has 0 aromatic heterocycles. The lowest BCUT2D eigenvalue weighted by Gasteiger charge is -2.20.